The van der Waals surface area contributed by atoms with Crippen LogP contribution in [0.3, 0.4) is 0 Å². The summed E-state index contributed by atoms with van der Waals surface area (Å²) in [5, 5.41) is 16.2. The summed E-state index contributed by atoms with van der Waals surface area (Å²) in [7, 11) is 0. The molecule has 2 atom stereocenters. The van der Waals surface area contributed by atoms with Crippen LogP contribution in [0.2, 0.25) is 0 Å². The molecule has 1 aromatic carbocycles. The van der Waals surface area contributed by atoms with Crippen LogP contribution in [0.5, 0.6) is 0 Å². The minimum atomic E-state index is -0.576. The van der Waals surface area contributed by atoms with Crippen LogP contribution in [0, 0.1) is 0 Å². The normalized spacial score (nSPS) is 14.2. The van der Waals surface area contributed by atoms with Crippen LogP contribution in [0.1, 0.15) is 56.5 Å². The van der Waals surface area contributed by atoms with E-state index in [0.29, 0.717) is 6.42 Å². The predicted molar refractivity (Wildman–Crippen MR) is 98.1 cm³/mol. The Hall–Kier alpha value is -1.72. The lowest BCUT2D eigenvalue weighted by Gasteiger charge is -2.18. The number of nitrogens with zero attached hydrogens (tertiary/aromatic N) is 1. The fraction of sp³-hybridized carbons (Fsp3) is 0.474. The molecule has 0 aliphatic rings. The first-order chi connectivity index (χ1) is 11.3. The summed E-state index contributed by atoms with van der Waals surface area (Å²) in [5.74, 6) is -0.0616. The SMILES string of the molecule is CC(CC(O)c1ccccc1)NC(=O)Cc1csc(C(C)(C)C)n1. The van der Waals surface area contributed by atoms with Crippen LogP contribution < -0.4 is 5.32 Å². The summed E-state index contributed by atoms with van der Waals surface area (Å²) in [5.41, 5.74) is 1.68. The second-order valence-electron chi connectivity index (χ2n) is 7.20. The number of carbonyl (C=O) groups is 1. The molecule has 0 bridgehead atoms. The fourth-order valence-electron chi connectivity index (χ4n) is 2.43. The van der Waals surface area contributed by atoms with Crippen molar-refractivity contribution in [2.45, 2.75) is 58.1 Å². The second kappa shape index (κ2) is 7.90. The number of benzene rings is 1. The van der Waals surface area contributed by atoms with Gasteiger partial charge in [-0.3, -0.25) is 4.79 Å². The largest absolute Gasteiger partial charge is 0.388 e. The van der Waals surface area contributed by atoms with Gasteiger partial charge in [0.15, 0.2) is 0 Å². The van der Waals surface area contributed by atoms with Crippen LogP contribution >= 0.6 is 11.3 Å². The zero-order valence-corrected chi connectivity index (χ0v) is 15.6. The van der Waals surface area contributed by atoms with Crippen molar-refractivity contribution in [1.29, 1.82) is 0 Å². The Labute approximate surface area is 148 Å². The van der Waals surface area contributed by atoms with Gasteiger partial charge in [-0.15, -0.1) is 11.3 Å². The molecular formula is C19H26N2O2S. The molecule has 0 saturated carbocycles. The Morgan fingerprint density at radius 2 is 1.96 bits per heavy atom. The van der Waals surface area contributed by atoms with Crippen molar-refractivity contribution in [2.75, 3.05) is 0 Å². The molecule has 0 radical (unpaired) electrons. The van der Waals surface area contributed by atoms with E-state index in [1.807, 2.05) is 42.6 Å². The number of rotatable bonds is 6. The maximum absolute atomic E-state index is 12.2. The third-order valence-electron chi connectivity index (χ3n) is 3.70. The molecule has 0 fully saturated rings. The van der Waals surface area contributed by atoms with Crippen molar-refractivity contribution in [1.82, 2.24) is 10.3 Å². The number of aromatic nitrogens is 1. The standard InChI is InChI=1S/C19H26N2O2S/c1-13(10-16(22)14-8-6-5-7-9-14)20-17(23)11-15-12-24-18(21-15)19(2,3)4/h5-9,12-13,16,22H,10-11H2,1-4H3,(H,20,23). The minimum Gasteiger partial charge on any atom is -0.388 e. The number of hydrogen-bond donors (Lipinski definition) is 2. The van der Waals surface area contributed by atoms with Gasteiger partial charge in [-0.25, -0.2) is 4.98 Å². The van der Waals surface area contributed by atoms with Gasteiger partial charge in [0.25, 0.3) is 0 Å². The van der Waals surface area contributed by atoms with Gasteiger partial charge in [-0.05, 0) is 18.9 Å². The van der Waals surface area contributed by atoms with E-state index in [2.05, 4.69) is 31.1 Å². The van der Waals surface area contributed by atoms with Gasteiger partial charge in [0.2, 0.25) is 5.91 Å². The van der Waals surface area contributed by atoms with Gasteiger partial charge in [0.1, 0.15) is 0 Å². The summed E-state index contributed by atoms with van der Waals surface area (Å²) < 4.78 is 0. The van der Waals surface area contributed by atoms with Crippen LogP contribution in [0.15, 0.2) is 35.7 Å². The van der Waals surface area contributed by atoms with Crippen LogP contribution in [0.4, 0.5) is 0 Å². The monoisotopic (exact) mass is 346 g/mol. The van der Waals surface area contributed by atoms with E-state index in [0.717, 1.165) is 16.3 Å². The minimum absolute atomic E-state index is 0.00643. The molecule has 0 aliphatic carbocycles. The first-order valence-electron chi connectivity index (χ1n) is 8.23. The molecule has 0 spiro atoms. The first kappa shape index (κ1) is 18.6. The van der Waals surface area contributed by atoms with Gasteiger partial charge in [0.05, 0.1) is 23.2 Å². The Balaban J connectivity index is 1.84. The molecule has 0 saturated heterocycles. The maximum atomic E-state index is 12.2. The quantitative estimate of drug-likeness (QED) is 0.840. The summed E-state index contributed by atoms with van der Waals surface area (Å²) in [4.78, 5) is 16.7. The molecule has 4 nitrogen and oxygen atoms in total. The molecule has 130 valence electrons. The fourth-order valence-corrected chi connectivity index (χ4v) is 3.34. The third kappa shape index (κ3) is 5.42. The maximum Gasteiger partial charge on any atom is 0.226 e. The highest BCUT2D eigenvalue weighted by atomic mass is 32.1. The summed E-state index contributed by atoms with van der Waals surface area (Å²) >= 11 is 1.59. The summed E-state index contributed by atoms with van der Waals surface area (Å²) in [6.07, 6.45) is 0.187. The second-order valence-corrected chi connectivity index (χ2v) is 8.06. The molecule has 2 rings (SSSR count). The van der Waals surface area contributed by atoms with E-state index < -0.39 is 6.10 Å². The van der Waals surface area contributed by atoms with Crippen molar-refractivity contribution < 1.29 is 9.90 Å². The molecular weight excluding hydrogens is 320 g/mol. The highest BCUT2D eigenvalue weighted by Gasteiger charge is 2.19. The van der Waals surface area contributed by atoms with E-state index in [-0.39, 0.29) is 23.8 Å². The molecule has 5 heteroatoms. The number of carbonyl (C=O) groups excluding carboxylic acids is 1. The number of amides is 1. The zero-order chi connectivity index (χ0) is 17.7. The Bertz CT molecular complexity index is 662. The predicted octanol–water partition coefficient (Wildman–Crippen LogP) is 3.61. The average Bonchev–Trinajstić information content (AvgIpc) is 2.96. The molecule has 2 N–H and O–H groups in total. The number of thiazole rings is 1. The third-order valence-corrected chi connectivity index (χ3v) is 5.02. The average molecular weight is 346 g/mol. The Kier molecular flexibility index (Phi) is 6.13. The Morgan fingerprint density at radius 3 is 2.54 bits per heavy atom. The van der Waals surface area contributed by atoms with E-state index >= 15 is 0 Å². The van der Waals surface area contributed by atoms with Gasteiger partial charge >= 0.3 is 0 Å². The smallest absolute Gasteiger partial charge is 0.226 e. The molecule has 2 unspecified atom stereocenters. The number of aliphatic hydroxyl groups is 1. The van der Waals surface area contributed by atoms with Crippen molar-refractivity contribution >= 4 is 17.2 Å². The molecule has 0 aliphatic heterocycles. The summed E-state index contributed by atoms with van der Waals surface area (Å²) in [6, 6.07) is 9.40. The highest BCUT2D eigenvalue weighted by molar-refractivity contribution is 7.09. The Morgan fingerprint density at radius 1 is 1.29 bits per heavy atom. The lowest BCUT2D eigenvalue weighted by Crippen LogP contribution is -2.34. The van der Waals surface area contributed by atoms with Crippen LogP contribution in [-0.2, 0) is 16.6 Å². The number of aliphatic hydroxyl groups excluding tert-OH is 1. The van der Waals surface area contributed by atoms with Crippen molar-refractivity contribution in [2.24, 2.45) is 0 Å². The number of hydrogen-bond acceptors (Lipinski definition) is 4. The molecule has 1 aromatic heterocycles. The molecule has 1 amide bonds. The topological polar surface area (TPSA) is 62.2 Å². The molecule has 2 aromatic rings. The van der Waals surface area contributed by atoms with Crippen molar-refractivity contribution in [3.8, 4) is 0 Å². The summed E-state index contributed by atoms with van der Waals surface area (Å²) in [6.45, 7) is 8.25. The number of nitrogens with one attached hydrogen (secondary N) is 1. The highest BCUT2D eigenvalue weighted by Crippen LogP contribution is 2.25. The zero-order valence-electron chi connectivity index (χ0n) is 14.7. The van der Waals surface area contributed by atoms with Crippen molar-refractivity contribution in [3.05, 3.63) is 52.0 Å². The van der Waals surface area contributed by atoms with Crippen LogP contribution in [0.25, 0.3) is 0 Å². The van der Waals surface area contributed by atoms with Gasteiger partial charge < -0.3 is 10.4 Å². The lowest BCUT2D eigenvalue weighted by atomic mass is 9.98. The van der Waals surface area contributed by atoms with E-state index in [1.165, 1.54) is 0 Å². The van der Waals surface area contributed by atoms with E-state index in [9.17, 15) is 9.90 Å². The van der Waals surface area contributed by atoms with E-state index in [4.69, 9.17) is 0 Å². The van der Waals surface area contributed by atoms with E-state index in [1.54, 1.807) is 11.3 Å². The van der Waals surface area contributed by atoms with Gasteiger partial charge in [0, 0.05) is 16.8 Å². The molecule has 24 heavy (non-hydrogen) atoms. The van der Waals surface area contributed by atoms with Crippen LogP contribution in [-0.4, -0.2) is 22.0 Å². The van der Waals surface area contributed by atoms with Gasteiger partial charge in [-0.1, -0.05) is 51.1 Å². The lowest BCUT2D eigenvalue weighted by molar-refractivity contribution is -0.121. The van der Waals surface area contributed by atoms with Gasteiger partial charge in [-0.2, -0.15) is 0 Å². The first-order valence-corrected chi connectivity index (χ1v) is 9.11. The molecule has 1 heterocycles. The van der Waals surface area contributed by atoms with Crippen molar-refractivity contribution in [3.63, 3.8) is 0 Å².